The van der Waals surface area contributed by atoms with Gasteiger partial charge in [-0.15, -0.1) is 0 Å². The molecule has 6 nitrogen and oxygen atoms in total. The number of nitriles is 3. The minimum absolute atomic E-state index is 0.0173. The largest absolute Gasteiger partial charge is 0.493 e. The lowest BCUT2D eigenvalue weighted by molar-refractivity contribution is 0.271. The van der Waals surface area contributed by atoms with Gasteiger partial charge in [-0.2, -0.15) is 15.8 Å². The highest BCUT2D eigenvalue weighted by molar-refractivity contribution is 5.62. The number of rotatable bonds is 5. The van der Waals surface area contributed by atoms with Crippen LogP contribution in [-0.2, 0) is 6.61 Å². The SMILES string of the molecule is COc1c(OCc2c(C)cc(C)cc2C)cccc1[C@@H]1[C@@H]2CCCC=C2C(C#N)=C(N)C1(C#N)C#N. The van der Waals surface area contributed by atoms with E-state index in [1.54, 1.807) is 7.11 Å². The predicted octanol–water partition coefficient (Wildman–Crippen LogP) is 5.79. The third-order valence-electron chi connectivity index (χ3n) is 7.56. The summed E-state index contributed by atoms with van der Waals surface area (Å²) in [6.07, 6.45) is 4.51. The molecule has 0 unspecified atom stereocenters. The fourth-order valence-corrected chi connectivity index (χ4v) is 5.91. The molecular weight excluding hydrogens is 448 g/mol. The summed E-state index contributed by atoms with van der Waals surface area (Å²) in [5.74, 6) is 0.218. The molecule has 2 atom stereocenters. The molecule has 2 aromatic carbocycles. The maximum Gasteiger partial charge on any atom is 0.191 e. The van der Waals surface area contributed by atoms with E-state index in [1.165, 1.54) is 5.56 Å². The molecule has 36 heavy (non-hydrogen) atoms. The van der Waals surface area contributed by atoms with E-state index in [0.29, 0.717) is 23.7 Å². The van der Waals surface area contributed by atoms with Gasteiger partial charge in [-0.1, -0.05) is 35.9 Å². The smallest absolute Gasteiger partial charge is 0.191 e. The number of nitrogens with zero attached hydrogens (tertiary/aromatic N) is 3. The summed E-state index contributed by atoms with van der Waals surface area (Å²) >= 11 is 0. The lowest BCUT2D eigenvalue weighted by atomic mass is 9.56. The molecule has 6 heteroatoms. The Labute approximate surface area is 212 Å². The highest BCUT2D eigenvalue weighted by atomic mass is 16.5. The van der Waals surface area contributed by atoms with Crippen molar-refractivity contribution < 1.29 is 9.47 Å². The molecule has 0 radical (unpaired) electrons. The summed E-state index contributed by atoms with van der Waals surface area (Å²) in [5.41, 5.74) is 11.2. The van der Waals surface area contributed by atoms with E-state index in [-0.39, 0.29) is 17.2 Å². The molecule has 0 aliphatic heterocycles. The van der Waals surface area contributed by atoms with Crippen LogP contribution in [0.5, 0.6) is 11.5 Å². The minimum atomic E-state index is -1.69. The van der Waals surface area contributed by atoms with Gasteiger partial charge in [-0.05, 0) is 74.3 Å². The summed E-state index contributed by atoms with van der Waals surface area (Å²) in [6, 6.07) is 16.4. The van der Waals surface area contributed by atoms with E-state index >= 15 is 0 Å². The zero-order valence-electron chi connectivity index (χ0n) is 21.2. The van der Waals surface area contributed by atoms with Gasteiger partial charge in [0.15, 0.2) is 16.9 Å². The molecule has 0 saturated heterocycles. The van der Waals surface area contributed by atoms with E-state index in [4.69, 9.17) is 15.2 Å². The number of hydrogen-bond donors (Lipinski definition) is 1. The molecule has 0 amide bonds. The molecule has 0 heterocycles. The van der Waals surface area contributed by atoms with Gasteiger partial charge in [0.05, 0.1) is 30.5 Å². The number of methoxy groups -OCH3 is 1. The molecule has 0 aromatic heterocycles. The van der Waals surface area contributed by atoms with Gasteiger partial charge in [-0.25, -0.2) is 0 Å². The van der Waals surface area contributed by atoms with Crippen LogP contribution in [0.25, 0.3) is 0 Å². The minimum Gasteiger partial charge on any atom is -0.493 e. The van der Waals surface area contributed by atoms with Gasteiger partial charge < -0.3 is 15.2 Å². The Bertz CT molecular complexity index is 1360. The number of ether oxygens (including phenoxy) is 2. The zero-order valence-corrected chi connectivity index (χ0v) is 21.2. The molecule has 2 N–H and O–H groups in total. The normalized spacial score (nSPS) is 20.3. The lowest BCUT2D eigenvalue weighted by Crippen LogP contribution is -2.42. The van der Waals surface area contributed by atoms with Crippen molar-refractivity contribution in [1.29, 1.82) is 15.8 Å². The van der Waals surface area contributed by atoms with Crippen LogP contribution >= 0.6 is 0 Å². The fraction of sp³-hybridized carbons (Fsp3) is 0.367. The van der Waals surface area contributed by atoms with Crippen LogP contribution in [0.2, 0.25) is 0 Å². The van der Waals surface area contributed by atoms with E-state index in [1.807, 2.05) is 24.3 Å². The Morgan fingerprint density at radius 3 is 2.39 bits per heavy atom. The molecule has 2 aromatic rings. The molecule has 0 saturated carbocycles. The first-order valence-corrected chi connectivity index (χ1v) is 12.1. The standard InChI is InChI=1S/C30H30N4O2/c1-18-12-19(2)25(20(3)13-18)15-36-26-11-7-10-23(28(26)35-4)27-22-9-6-5-8-21(22)24(14-31)29(34)30(27,16-32)17-33/h7-8,10-13,22,27H,5-6,9,15,34H2,1-4H3/t22-,27+/m1/s1. The van der Waals surface area contributed by atoms with Crippen molar-refractivity contribution in [3.63, 3.8) is 0 Å². The van der Waals surface area contributed by atoms with Gasteiger partial charge in [-0.3, -0.25) is 0 Å². The van der Waals surface area contributed by atoms with E-state index in [2.05, 4.69) is 51.1 Å². The van der Waals surface area contributed by atoms with Crippen molar-refractivity contribution in [2.45, 2.75) is 52.6 Å². The number of allylic oxidation sites excluding steroid dienone is 4. The van der Waals surface area contributed by atoms with E-state index < -0.39 is 11.3 Å². The maximum atomic E-state index is 10.3. The summed E-state index contributed by atoms with van der Waals surface area (Å²) < 4.78 is 12.1. The van der Waals surface area contributed by atoms with Crippen molar-refractivity contribution in [2.24, 2.45) is 17.1 Å². The Kier molecular flexibility index (Phi) is 6.78. The number of fused-ring (bicyclic) bond motifs is 1. The van der Waals surface area contributed by atoms with Crippen LogP contribution in [0.1, 0.15) is 53.0 Å². The predicted molar refractivity (Wildman–Crippen MR) is 137 cm³/mol. The maximum absolute atomic E-state index is 10.3. The van der Waals surface area contributed by atoms with Crippen molar-refractivity contribution in [1.82, 2.24) is 0 Å². The molecule has 4 rings (SSSR count). The van der Waals surface area contributed by atoms with Crippen LogP contribution < -0.4 is 15.2 Å². The molecule has 182 valence electrons. The number of aryl methyl sites for hydroxylation is 3. The molecule has 2 aliphatic carbocycles. The van der Waals surface area contributed by atoms with Crippen molar-refractivity contribution >= 4 is 0 Å². The van der Waals surface area contributed by atoms with Crippen LogP contribution in [0.3, 0.4) is 0 Å². The molecular formula is C30H30N4O2. The van der Waals surface area contributed by atoms with Crippen molar-refractivity contribution in [2.75, 3.05) is 7.11 Å². The molecule has 2 aliphatic rings. The monoisotopic (exact) mass is 478 g/mol. The molecule has 0 fully saturated rings. The highest BCUT2D eigenvalue weighted by Gasteiger charge is 2.54. The first-order valence-electron chi connectivity index (χ1n) is 12.1. The summed E-state index contributed by atoms with van der Waals surface area (Å²) in [5, 5.41) is 30.5. The number of para-hydroxylation sites is 1. The second-order valence-electron chi connectivity index (χ2n) is 9.65. The van der Waals surface area contributed by atoms with Gasteiger partial charge >= 0.3 is 0 Å². The Balaban J connectivity index is 1.84. The lowest BCUT2D eigenvalue weighted by Gasteiger charge is -2.43. The second kappa shape index (κ2) is 9.80. The molecule has 0 bridgehead atoms. The number of hydrogen-bond acceptors (Lipinski definition) is 6. The Morgan fingerprint density at radius 1 is 1.08 bits per heavy atom. The summed E-state index contributed by atoms with van der Waals surface area (Å²) in [6.45, 7) is 6.58. The van der Waals surface area contributed by atoms with Crippen molar-refractivity contribution in [3.8, 4) is 29.7 Å². The first-order chi connectivity index (χ1) is 17.3. The van der Waals surface area contributed by atoms with Crippen LogP contribution in [-0.4, -0.2) is 7.11 Å². The summed E-state index contributed by atoms with van der Waals surface area (Å²) in [4.78, 5) is 0. The van der Waals surface area contributed by atoms with Crippen LogP contribution in [0.4, 0.5) is 0 Å². The topological polar surface area (TPSA) is 116 Å². The van der Waals surface area contributed by atoms with Gasteiger partial charge in [0.2, 0.25) is 0 Å². The number of benzene rings is 2. The quantitative estimate of drug-likeness (QED) is 0.581. The Morgan fingerprint density at radius 2 is 1.78 bits per heavy atom. The first kappa shape index (κ1) is 24.9. The average Bonchev–Trinajstić information content (AvgIpc) is 2.87. The van der Waals surface area contributed by atoms with Crippen LogP contribution in [0.15, 0.2) is 53.3 Å². The Hall–Kier alpha value is -4.21. The van der Waals surface area contributed by atoms with E-state index in [0.717, 1.165) is 41.5 Å². The van der Waals surface area contributed by atoms with Crippen LogP contribution in [0, 0.1) is 66.1 Å². The fourth-order valence-electron chi connectivity index (χ4n) is 5.91. The average molecular weight is 479 g/mol. The van der Waals surface area contributed by atoms with Gasteiger partial charge in [0.25, 0.3) is 0 Å². The highest BCUT2D eigenvalue weighted by Crippen LogP contribution is 2.58. The second-order valence-corrected chi connectivity index (χ2v) is 9.65. The van der Waals surface area contributed by atoms with Gasteiger partial charge in [0.1, 0.15) is 12.7 Å². The van der Waals surface area contributed by atoms with E-state index in [9.17, 15) is 15.8 Å². The third-order valence-corrected chi connectivity index (χ3v) is 7.56. The van der Waals surface area contributed by atoms with Crippen molar-refractivity contribution in [3.05, 3.63) is 81.1 Å². The summed E-state index contributed by atoms with van der Waals surface area (Å²) in [7, 11) is 1.56. The van der Waals surface area contributed by atoms with Gasteiger partial charge in [0, 0.05) is 11.5 Å². The zero-order chi connectivity index (χ0) is 26.0. The molecule has 0 spiro atoms. The number of nitrogens with two attached hydrogens (primary N) is 1. The third kappa shape index (κ3) is 3.88.